The highest BCUT2D eigenvalue weighted by molar-refractivity contribution is 6.04. The number of nitrogens with one attached hydrogen (secondary N) is 2. The van der Waals surface area contributed by atoms with E-state index >= 15 is 0 Å². The SMILES string of the molecule is O=C([C@H]1C=c2ccccc2=N1)N1NNc2ccccc21. The average Bonchev–Trinajstić information content (AvgIpc) is 3.10. The summed E-state index contributed by atoms with van der Waals surface area (Å²) in [4.78, 5) is 17.0. The van der Waals surface area contributed by atoms with Crippen LogP contribution in [0.3, 0.4) is 0 Å². The maximum atomic E-state index is 12.6. The van der Waals surface area contributed by atoms with Crippen LogP contribution < -0.4 is 26.5 Å². The lowest BCUT2D eigenvalue weighted by atomic mass is 10.2. The molecular weight excluding hydrogens is 252 g/mol. The zero-order valence-corrected chi connectivity index (χ0v) is 10.6. The first-order chi connectivity index (χ1) is 9.83. The van der Waals surface area contributed by atoms with Crippen LogP contribution in [-0.4, -0.2) is 11.9 Å². The second-order valence-corrected chi connectivity index (χ2v) is 4.73. The highest BCUT2D eigenvalue weighted by Gasteiger charge is 2.29. The number of amides is 1. The number of hydrogen-bond acceptors (Lipinski definition) is 4. The Morgan fingerprint density at radius 1 is 1.10 bits per heavy atom. The molecule has 98 valence electrons. The number of benzene rings is 2. The monoisotopic (exact) mass is 264 g/mol. The molecule has 0 aromatic heterocycles. The zero-order chi connectivity index (χ0) is 13.5. The summed E-state index contributed by atoms with van der Waals surface area (Å²) in [5.41, 5.74) is 7.56. The van der Waals surface area contributed by atoms with Crippen molar-refractivity contribution in [1.82, 2.24) is 5.53 Å². The lowest BCUT2D eigenvalue weighted by Gasteiger charge is -2.17. The number of hydrogen-bond donors (Lipinski definition) is 2. The Labute approximate surface area is 115 Å². The molecule has 0 fully saturated rings. The van der Waals surface area contributed by atoms with Crippen molar-refractivity contribution in [2.24, 2.45) is 4.99 Å². The molecular formula is C15H12N4O. The highest BCUT2D eigenvalue weighted by Crippen LogP contribution is 2.28. The molecule has 20 heavy (non-hydrogen) atoms. The first-order valence-electron chi connectivity index (χ1n) is 6.42. The van der Waals surface area contributed by atoms with Crippen molar-refractivity contribution < 1.29 is 4.79 Å². The number of anilines is 2. The van der Waals surface area contributed by atoms with E-state index in [0.29, 0.717) is 0 Å². The molecule has 0 aliphatic carbocycles. The Hall–Kier alpha value is -2.66. The Morgan fingerprint density at radius 2 is 1.90 bits per heavy atom. The molecule has 2 N–H and O–H groups in total. The van der Waals surface area contributed by atoms with Crippen molar-refractivity contribution in [2.45, 2.75) is 6.04 Å². The first-order valence-corrected chi connectivity index (χ1v) is 6.42. The number of rotatable bonds is 1. The van der Waals surface area contributed by atoms with Gasteiger partial charge in [0.15, 0.2) is 6.04 Å². The molecule has 5 heteroatoms. The summed E-state index contributed by atoms with van der Waals surface area (Å²) >= 11 is 0. The zero-order valence-electron chi connectivity index (χ0n) is 10.6. The van der Waals surface area contributed by atoms with Gasteiger partial charge >= 0.3 is 0 Å². The third kappa shape index (κ3) is 1.60. The standard InChI is InChI=1S/C15H12N4O/c20-15(13-9-10-5-1-2-6-11(10)16-13)19-14-8-4-3-7-12(14)17-18-19/h1-9,13,17-18H/t13-/m1/s1. The van der Waals surface area contributed by atoms with E-state index in [2.05, 4.69) is 16.0 Å². The minimum absolute atomic E-state index is 0.0985. The van der Waals surface area contributed by atoms with E-state index in [9.17, 15) is 4.79 Å². The van der Waals surface area contributed by atoms with E-state index in [0.717, 1.165) is 22.0 Å². The van der Waals surface area contributed by atoms with E-state index in [1.807, 2.05) is 54.6 Å². The van der Waals surface area contributed by atoms with Crippen LogP contribution >= 0.6 is 0 Å². The van der Waals surface area contributed by atoms with Gasteiger partial charge in [0.2, 0.25) is 0 Å². The van der Waals surface area contributed by atoms with Gasteiger partial charge in [-0.05, 0) is 29.5 Å². The number of nitrogens with zero attached hydrogens (tertiary/aromatic N) is 2. The molecule has 2 heterocycles. The predicted molar refractivity (Wildman–Crippen MR) is 76.2 cm³/mol. The molecule has 2 aromatic carbocycles. The molecule has 0 radical (unpaired) electrons. The van der Waals surface area contributed by atoms with Crippen LogP contribution in [0.25, 0.3) is 6.08 Å². The van der Waals surface area contributed by atoms with Crippen LogP contribution in [0.15, 0.2) is 53.5 Å². The van der Waals surface area contributed by atoms with E-state index < -0.39 is 6.04 Å². The quantitative estimate of drug-likeness (QED) is 0.781. The summed E-state index contributed by atoms with van der Waals surface area (Å²) in [6, 6.07) is 14.9. The van der Waals surface area contributed by atoms with E-state index in [1.165, 1.54) is 5.01 Å². The van der Waals surface area contributed by atoms with Crippen molar-refractivity contribution in [3.05, 3.63) is 59.1 Å². The summed E-state index contributed by atoms with van der Waals surface area (Å²) in [5, 5.41) is 3.38. The van der Waals surface area contributed by atoms with Gasteiger partial charge in [0, 0.05) is 0 Å². The van der Waals surface area contributed by atoms with Gasteiger partial charge in [0.1, 0.15) is 0 Å². The van der Waals surface area contributed by atoms with Crippen molar-refractivity contribution in [2.75, 3.05) is 10.4 Å². The van der Waals surface area contributed by atoms with E-state index in [4.69, 9.17) is 0 Å². The topological polar surface area (TPSA) is 56.7 Å². The molecule has 1 amide bonds. The molecule has 1 atom stereocenters. The lowest BCUT2D eigenvalue weighted by molar-refractivity contribution is -0.119. The molecule has 0 spiro atoms. The third-order valence-electron chi connectivity index (χ3n) is 3.47. The van der Waals surface area contributed by atoms with Crippen LogP contribution in [0, 0.1) is 0 Å². The van der Waals surface area contributed by atoms with Gasteiger partial charge in [-0.1, -0.05) is 30.3 Å². The molecule has 2 aliphatic heterocycles. The molecule has 4 rings (SSSR count). The highest BCUT2D eigenvalue weighted by atomic mass is 16.2. The van der Waals surface area contributed by atoms with Gasteiger partial charge in [-0.3, -0.25) is 9.79 Å². The maximum absolute atomic E-state index is 12.6. The van der Waals surface area contributed by atoms with Crippen LogP contribution in [0.2, 0.25) is 0 Å². The van der Waals surface area contributed by atoms with Crippen molar-refractivity contribution in [1.29, 1.82) is 0 Å². The van der Waals surface area contributed by atoms with Crippen LogP contribution in [0.4, 0.5) is 11.4 Å². The number of fused-ring (bicyclic) bond motifs is 2. The normalized spacial score (nSPS) is 18.6. The molecule has 0 saturated heterocycles. The number of hydrazine groups is 2. The number of carbonyl (C=O) groups is 1. The van der Waals surface area contributed by atoms with Gasteiger partial charge in [0.05, 0.1) is 16.7 Å². The summed E-state index contributed by atoms with van der Waals surface area (Å²) in [6.07, 6.45) is 1.89. The fourth-order valence-corrected chi connectivity index (χ4v) is 2.49. The minimum Gasteiger partial charge on any atom is -0.301 e. The van der Waals surface area contributed by atoms with Gasteiger partial charge < -0.3 is 5.43 Å². The number of carbonyl (C=O) groups excluding carboxylic acids is 1. The molecule has 2 aliphatic rings. The largest absolute Gasteiger partial charge is 0.301 e. The fraction of sp³-hybridized carbons (Fsp3) is 0.0667. The predicted octanol–water partition coefficient (Wildman–Crippen LogP) is 0.347. The molecule has 0 unspecified atom stereocenters. The second kappa shape index (κ2) is 4.18. The van der Waals surface area contributed by atoms with Gasteiger partial charge in [-0.15, -0.1) is 5.53 Å². The van der Waals surface area contributed by atoms with Crippen molar-refractivity contribution >= 4 is 23.4 Å². The lowest BCUT2D eigenvalue weighted by Crippen LogP contribution is -2.45. The Kier molecular flexibility index (Phi) is 2.34. The smallest absolute Gasteiger partial charge is 0.271 e. The van der Waals surface area contributed by atoms with Gasteiger partial charge in [-0.2, -0.15) is 0 Å². The molecule has 0 bridgehead atoms. The Morgan fingerprint density at radius 3 is 2.80 bits per heavy atom. The average molecular weight is 264 g/mol. The third-order valence-corrected chi connectivity index (χ3v) is 3.47. The Bertz CT molecular complexity index is 780. The maximum Gasteiger partial charge on any atom is 0.271 e. The van der Waals surface area contributed by atoms with Crippen LogP contribution in [-0.2, 0) is 4.79 Å². The van der Waals surface area contributed by atoms with Crippen LogP contribution in [0.5, 0.6) is 0 Å². The van der Waals surface area contributed by atoms with Crippen molar-refractivity contribution in [3.63, 3.8) is 0 Å². The molecule has 5 nitrogen and oxygen atoms in total. The summed E-state index contributed by atoms with van der Waals surface area (Å²) in [5.74, 6) is -0.0985. The molecule has 0 saturated carbocycles. The minimum atomic E-state index is -0.479. The summed E-state index contributed by atoms with van der Waals surface area (Å²) in [7, 11) is 0. The van der Waals surface area contributed by atoms with E-state index in [-0.39, 0.29) is 5.91 Å². The fourth-order valence-electron chi connectivity index (χ4n) is 2.49. The first kappa shape index (κ1) is 11.2. The van der Waals surface area contributed by atoms with E-state index in [1.54, 1.807) is 0 Å². The van der Waals surface area contributed by atoms with Crippen LogP contribution in [0.1, 0.15) is 0 Å². The van der Waals surface area contributed by atoms with Gasteiger partial charge in [0.25, 0.3) is 5.91 Å². The second-order valence-electron chi connectivity index (χ2n) is 4.73. The summed E-state index contributed by atoms with van der Waals surface area (Å²) < 4.78 is 0. The number of para-hydroxylation sites is 3. The molecule has 2 aromatic rings. The van der Waals surface area contributed by atoms with Crippen molar-refractivity contribution in [3.8, 4) is 0 Å². The summed E-state index contributed by atoms with van der Waals surface area (Å²) in [6.45, 7) is 0. The Balaban J connectivity index is 1.69. The van der Waals surface area contributed by atoms with Gasteiger partial charge in [-0.25, -0.2) is 5.01 Å².